The fraction of sp³-hybridized carbons (Fsp3) is 0.500. The van der Waals surface area contributed by atoms with Crippen LogP contribution in [0.4, 0.5) is 29.7 Å². The Morgan fingerprint density at radius 2 is 0.921 bits per heavy atom. The Kier molecular flexibility index (Phi) is 41.3. The van der Waals surface area contributed by atoms with Gasteiger partial charge in [-0.15, -0.1) is 0 Å². The SMILES string of the molecule is C[C@@H](NC(=O)OC(C)(C)C)c1ccc2ccc(/C=C/C3(C(=O)O)COCOC3)cc2n1.C[C@H](NC(=O)[C@@H](O)C(C)(C)F)C(=O)N1CCC[C@@H](C(=O)OCC(Cl)(Cl)Cl)N1.C[C@H](NC(=O)[C@@H](OC(=O)C1(/C=C/c2ccc3ccc([C@@H](C)NC(=O)OC(C)(C)C)nc3c2)COCOC1)C(C)(C)F)C(=O)N1CCC[C@@H](C(=O)OCC(Cl)(Cl)Cl)N1.Cc1cccc([N+](=O)[O-])c1C(=O)OC(=O)c1c(C)cccc1[N+](=O)[O-]. The largest absolute Gasteiger partial charge is 0.480 e. The van der Waals surface area contributed by atoms with E-state index in [4.69, 9.17) is 117 Å². The lowest BCUT2D eigenvalue weighted by molar-refractivity contribution is -0.385. The molecule has 48 heteroatoms. The number of aliphatic carboxylic acids is 1. The molecule has 4 aromatic carbocycles. The van der Waals surface area contributed by atoms with E-state index >= 15 is 4.39 Å². The number of pyridine rings is 2. The minimum atomic E-state index is -2.40. The molecule has 0 radical (unpaired) electrons. The number of aliphatic hydroxyl groups excluding tert-OH is 1. The van der Waals surface area contributed by atoms with Crippen molar-refractivity contribution < 1.29 is 134 Å². The Labute approximate surface area is 834 Å². The zero-order chi connectivity index (χ0) is 105. The number of nitro benzene ring substituents is 2. The Bertz CT molecular complexity index is 5500. The van der Waals surface area contributed by atoms with E-state index in [0.29, 0.717) is 48.2 Å². The number of rotatable bonds is 27. The van der Waals surface area contributed by atoms with Crippen LogP contribution in [0.2, 0.25) is 0 Å². The third-order valence-electron chi connectivity index (χ3n) is 20.8. The van der Waals surface area contributed by atoms with Crippen LogP contribution in [-0.2, 0) is 85.7 Å². The normalized spacial score (nSPS) is 17.5. The van der Waals surface area contributed by atoms with Crippen LogP contribution in [0.25, 0.3) is 34.0 Å². The molecule has 4 saturated heterocycles. The van der Waals surface area contributed by atoms with E-state index in [1.807, 2.05) is 49.4 Å². The summed E-state index contributed by atoms with van der Waals surface area (Å²) in [6.07, 6.45) is 3.12. The number of hydrazine groups is 2. The number of carbonyl (C=O) groups is 12. The van der Waals surface area contributed by atoms with Crippen molar-refractivity contribution in [3.05, 3.63) is 174 Å². The number of halogens is 8. The number of aliphatic hydroxyl groups is 1. The molecule has 4 fully saturated rings. The predicted octanol–water partition coefficient (Wildman–Crippen LogP) is 13.4. The molecule has 0 saturated carbocycles. The van der Waals surface area contributed by atoms with E-state index in [1.54, 1.807) is 84.9 Å². The molecule has 8 N–H and O–H groups in total. The molecular weight excluding hydrogens is 1970 g/mol. The maximum Gasteiger partial charge on any atom is 0.408 e. The fourth-order valence-electron chi connectivity index (χ4n) is 13.6. The lowest BCUT2D eigenvalue weighted by atomic mass is 9.88. The van der Waals surface area contributed by atoms with Crippen LogP contribution in [0.1, 0.15) is 189 Å². The number of nitrogens with zero attached hydrogens (tertiary/aromatic N) is 6. The molecule has 0 bridgehead atoms. The molecule has 8 atom stereocenters. The Hall–Kier alpha value is -11.3. The number of fused-ring (bicyclic) bond motifs is 2. The summed E-state index contributed by atoms with van der Waals surface area (Å²) < 4.78 is 77.9. The molecule has 4 aliphatic rings. The van der Waals surface area contributed by atoms with Crippen LogP contribution in [0.15, 0.2) is 109 Å². The number of alkyl carbamates (subject to hydrolysis) is 2. The fourth-order valence-corrected chi connectivity index (χ4v) is 13.9. The predicted molar refractivity (Wildman–Crippen MR) is 508 cm³/mol. The zero-order valence-electron chi connectivity index (χ0n) is 79.3. The number of aromatic nitrogens is 2. The molecule has 6 heterocycles. The van der Waals surface area contributed by atoms with Crippen molar-refractivity contribution in [1.82, 2.24) is 52.1 Å². The highest BCUT2D eigenvalue weighted by Gasteiger charge is 2.49. The second-order valence-electron chi connectivity index (χ2n) is 36.0. The quantitative estimate of drug-likeness (QED) is 0.00593. The maximum atomic E-state index is 15.6. The summed E-state index contributed by atoms with van der Waals surface area (Å²) in [5, 5.41) is 55.6. The number of ether oxygens (including phenoxy) is 10. The van der Waals surface area contributed by atoms with Crippen molar-refractivity contribution in [3.63, 3.8) is 0 Å². The third kappa shape index (κ3) is 35.2. The average molecular weight is 2080 g/mol. The molecule has 0 spiro atoms. The molecule has 4 aliphatic heterocycles. The lowest BCUT2D eigenvalue weighted by Gasteiger charge is -2.36. The molecule has 40 nitrogen and oxygen atoms in total. The summed E-state index contributed by atoms with van der Waals surface area (Å²) in [4.78, 5) is 180. The Balaban J connectivity index is 0.000000272. The second-order valence-corrected chi connectivity index (χ2v) is 41.0. The smallest absolute Gasteiger partial charge is 0.408 e. The molecule has 10 rings (SSSR count). The highest BCUT2D eigenvalue weighted by atomic mass is 35.6. The molecule has 764 valence electrons. The number of carbonyl (C=O) groups excluding carboxylic acids is 11. The van der Waals surface area contributed by atoms with Crippen molar-refractivity contribution in [1.29, 1.82) is 0 Å². The van der Waals surface area contributed by atoms with Crippen LogP contribution in [-0.4, -0.2) is 244 Å². The van der Waals surface area contributed by atoms with E-state index < -0.39 is 189 Å². The van der Waals surface area contributed by atoms with Crippen LogP contribution in [0.3, 0.4) is 0 Å². The summed E-state index contributed by atoms with van der Waals surface area (Å²) in [6.45, 7) is 23.4. The number of aryl methyl sites for hydroxylation is 2. The van der Waals surface area contributed by atoms with E-state index in [1.165, 1.54) is 58.0 Å². The van der Waals surface area contributed by atoms with E-state index in [0.717, 1.165) is 71.7 Å². The first-order valence-corrected chi connectivity index (χ1v) is 45.7. The Morgan fingerprint density at radius 3 is 1.28 bits per heavy atom. The third-order valence-corrected chi connectivity index (χ3v) is 21.4. The molecule has 6 amide bonds. The number of benzene rings is 4. The van der Waals surface area contributed by atoms with Gasteiger partial charge in [-0.25, -0.2) is 38.8 Å². The van der Waals surface area contributed by atoms with Gasteiger partial charge >= 0.3 is 48.0 Å². The van der Waals surface area contributed by atoms with Crippen molar-refractivity contribution in [3.8, 4) is 0 Å². The Morgan fingerprint density at radius 1 is 0.550 bits per heavy atom. The van der Waals surface area contributed by atoms with Crippen LogP contribution >= 0.6 is 69.6 Å². The van der Waals surface area contributed by atoms with Crippen molar-refractivity contribution in [2.24, 2.45) is 10.8 Å². The molecular formula is C92H112Cl6F2N12O28. The van der Waals surface area contributed by atoms with Gasteiger partial charge in [0.2, 0.25) is 13.7 Å². The number of carboxylic acids is 1. The number of nitrogens with one attached hydrogen (secondary N) is 6. The van der Waals surface area contributed by atoms with Gasteiger partial charge in [0.25, 0.3) is 35.0 Å². The van der Waals surface area contributed by atoms with E-state index in [9.17, 15) is 92.4 Å². The van der Waals surface area contributed by atoms with E-state index in [-0.39, 0.29) is 81.4 Å². The average Bonchev–Trinajstić information content (AvgIpc) is 0.782. The number of amides is 6. The van der Waals surface area contributed by atoms with Gasteiger partial charge in [-0.05, 0) is 183 Å². The second kappa shape index (κ2) is 49.9. The van der Waals surface area contributed by atoms with Crippen molar-refractivity contribution in [2.45, 2.75) is 215 Å². The molecule has 140 heavy (non-hydrogen) atoms. The highest BCUT2D eigenvalue weighted by Crippen LogP contribution is 2.35. The lowest BCUT2D eigenvalue weighted by Crippen LogP contribution is -2.61. The van der Waals surface area contributed by atoms with Crippen molar-refractivity contribution >= 4 is 187 Å². The number of esters is 5. The van der Waals surface area contributed by atoms with Gasteiger partial charge in [-0.2, -0.15) is 0 Å². The zero-order valence-corrected chi connectivity index (χ0v) is 83.8. The first kappa shape index (κ1) is 116. The van der Waals surface area contributed by atoms with Crippen LogP contribution in [0, 0.1) is 44.9 Å². The minimum Gasteiger partial charge on any atom is -0.480 e. The van der Waals surface area contributed by atoms with Crippen LogP contribution < -0.4 is 32.1 Å². The van der Waals surface area contributed by atoms with E-state index in [2.05, 4.69) is 41.8 Å². The standard InChI is InChI=1S/C38H49Cl3FN5O10.C23H28N2O6.C16H12N2O7.C15H23Cl3FN3O5/c1-22(44-34(52)57-35(3,4)5)26-13-12-25-11-10-24(17-28(25)45-26)14-15-37(18-53-21-54-19-37)33(51)56-29(36(6,7)42)30(48)43-23(2)31(49)47-16-8-9-27(46-47)32(50)55-20-38(39,40)41;1-15(24-21(28)31-22(2,3)4)18-8-7-17-6-5-16(11-19(17)25-18)9-10-23(20(26)27)12-29-14-30-13-23;1-9-5-3-7-11(17(21)22)13(9)15(19)25-16(20)14-10(2)6-4-8-12(14)18(23)24;1-8(20-11(24)10(23)14(2,3)19)12(25)22-6-4-5-9(21-22)13(26)27-7-15(16,17)18/h10-15,17,22-23,27,29,46H,8-9,16,18-21H2,1-7H3,(H,43,48)(H,44,52);5-11,15H,12-14H2,1-4H3,(H,24,28)(H,26,27);3-8H,1-2H3;8-10,21,23H,4-7H2,1-3H3,(H,20,24)/b15-14+;10-9+;;/t22-,23+,27+,29-;15-;;8-,9-,10+/m11.0/s1. The molecule has 6 aromatic rings. The minimum absolute atomic E-state index is 0.0582. The van der Waals surface area contributed by atoms with Gasteiger partial charge in [0.1, 0.15) is 89.8 Å². The number of hydrogen-bond donors (Lipinski definition) is 8. The number of nitro groups is 2. The maximum absolute atomic E-state index is 15.6. The monoisotopic (exact) mass is 2080 g/mol. The summed E-state index contributed by atoms with van der Waals surface area (Å²) in [5.41, 5.74) is -0.403. The van der Waals surface area contributed by atoms with Gasteiger partial charge in [0.05, 0.1) is 70.8 Å². The van der Waals surface area contributed by atoms with Gasteiger partial charge in [-0.3, -0.25) is 78.6 Å². The van der Waals surface area contributed by atoms with Gasteiger partial charge in [0.15, 0.2) is 11.8 Å². The molecule has 0 unspecified atom stereocenters. The molecule has 0 aliphatic carbocycles. The first-order valence-electron chi connectivity index (χ1n) is 43.5. The summed E-state index contributed by atoms with van der Waals surface area (Å²) in [6, 6.07) is 21.6. The first-order chi connectivity index (χ1) is 65.0. The van der Waals surface area contributed by atoms with Crippen molar-refractivity contribution in [2.75, 3.05) is 66.3 Å². The molecule has 2 aromatic heterocycles. The number of carboxylic acid groups (broad SMARTS) is 1. The van der Waals surface area contributed by atoms with Gasteiger partial charge < -0.3 is 78.8 Å². The highest BCUT2D eigenvalue weighted by molar-refractivity contribution is 6.68. The topological polar surface area (TPSA) is 528 Å². The summed E-state index contributed by atoms with van der Waals surface area (Å²) in [7, 11) is 0. The number of alkyl halides is 8. The van der Waals surface area contributed by atoms with Gasteiger partial charge in [-0.1, -0.05) is 155 Å². The summed E-state index contributed by atoms with van der Waals surface area (Å²) >= 11 is 33.6. The number of hydrogen-bond acceptors (Lipinski definition) is 31. The summed E-state index contributed by atoms with van der Waals surface area (Å²) in [5.74, 6) is -9.22. The van der Waals surface area contributed by atoms with Crippen LogP contribution in [0.5, 0.6) is 0 Å². The van der Waals surface area contributed by atoms with Gasteiger partial charge in [0, 0.05) is 36.0 Å².